The van der Waals surface area contributed by atoms with E-state index in [4.69, 9.17) is 0 Å². The fourth-order valence-corrected chi connectivity index (χ4v) is 3.15. The van der Waals surface area contributed by atoms with Gasteiger partial charge in [-0.1, -0.05) is 0 Å². The van der Waals surface area contributed by atoms with Crippen molar-refractivity contribution in [2.24, 2.45) is 4.99 Å². The van der Waals surface area contributed by atoms with E-state index in [1.807, 2.05) is 11.5 Å². The van der Waals surface area contributed by atoms with Crippen molar-refractivity contribution in [3.05, 3.63) is 0 Å². The number of aliphatic hydroxyl groups is 1. The van der Waals surface area contributed by atoms with Crippen LogP contribution < -0.4 is 0 Å². The molecular formula is C12H19N4O3S+. The molecule has 1 saturated heterocycles. The van der Waals surface area contributed by atoms with Crippen LogP contribution in [0.4, 0.5) is 4.79 Å². The molecule has 110 valence electrons. The van der Waals surface area contributed by atoms with Crippen LogP contribution in [0.2, 0.25) is 0 Å². The van der Waals surface area contributed by atoms with Gasteiger partial charge in [-0.25, -0.2) is 9.37 Å². The number of urea groups is 1. The largest absolute Gasteiger partial charge is 0.393 e. The molecule has 0 bridgehead atoms. The lowest BCUT2D eigenvalue weighted by molar-refractivity contribution is -0.529. The molecule has 8 heteroatoms. The molecule has 0 spiro atoms. The summed E-state index contributed by atoms with van der Waals surface area (Å²) in [6, 6.07) is -0.910. The van der Waals surface area contributed by atoms with Crippen molar-refractivity contribution >= 4 is 34.7 Å². The Labute approximate surface area is 122 Å². The number of rotatable bonds is 3. The summed E-state index contributed by atoms with van der Waals surface area (Å²) in [6.45, 7) is 4.25. The maximum atomic E-state index is 12.3. The summed E-state index contributed by atoms with van der Waals surface area (Å²) in [7, 11) is 3.10. The molecule has 0 aliphatic carbocycles. The van der Waals surface area contributed by atoms with Crippen molar-refractivity contribution < 1.29 is 19.3 Å². The number of likely N-dealkylation sites (N-methyl/N-ethyl adjacent to an activating group) is 3. The fourth-order valence-electron chi connectivity index (χ4n) is 2.20. The Morgan fingerprint density at radius 3 is 2.60 bits per heavy atom. The van der Waals surface area contributed by atoms with Crippen LogP contribution >= 0.6 is 11.8 Å². The average molecular weight is 299 g/mol. The zero-order valence-electron chi connectivity index (χ0n) is 12.0. The molecule has 3 amide bonds. The first kappa shape index (κ1) is 15.0. The van der Waals surface area contributed by atoms with Gasteiger partial charge >= 0.3 is 11.2 Å². The number of hydrogen-bond donors (Lipinski definition) is 1. The molecule has 2 heterocycles. The van der Waals surface area contributed by atoms with Gasteiger partial charge in [-0.05, 0) is 30.6 Å². The van der Waals surface area contributed by atoms with Gasteiger partial charge in [0.1, 0.15) is 0 Å². The lowest BCUT2D eigenvalue weighted by atomic mass is 10.1. The first-order valence-corrected chi connectivity index (χ1v) is 7.45. The number of carbonyl (C=O) groups is 2. The van der Waals surface area contributed by atoms with Gasteiger partial charge in [0.15, 0.2) is 0 Å². The molecule has 0 aromatic heterocycles. The van der Waals surface area contributed by atoms with Crippen LogP contribution in [-0.2, 0) is 4.79 Å². The van der Waals surface area contributed by atoms with E-state index in [0.29, 0.717) is 23.3 Å². The first-order valence-electron chi connectivity index (χ1n) is 6.46. The summed E-state index contributed by atoms with van der Waals surface area (Å²) in [6.07, 6.45) is -0.452. The maximum Gasteiger partial charge on any atom is 0.357 e. The summed E-state index contributed by atoms with van der Waals surface area (Å²) in [5, 5.41) is 10.1. The standard InChI is InChI=1S/C12H19N4O3S/c1-5-16-8-9(13-11(16)20-6-7(2)17)14(3)12(19)15(4)10(8)18/h7-8,17H,5-6H2,1-4H3/q+1. The van der Waals surface area contributed by atoms with Crippen molar-refractivity contribution in [3.8, 4) is 0 Å². The first-order chi connectivity index (χ1) is 9.38. The molecule has 2 aliphatic rings. The number of aliphatic imine (C=N–C) groups is 1. The van der Waals surface area contributed by atoms with Gasteiger partial charge in [0.2, 0.25) is 0 Å². The summed E-state index contributed by atoms with van der Waals surface area (Å²) in [5.74, 6) is 0.700. The second-order valence-electron chi connectivity index (χ2n) is 4.84. The number of carbonyl (C=O) groups excluding carboxylic acids is 2. The zero-order valence-corrected chi connectivity index (χ0v) is 12.8. The number of nitrogens with zero attached hydrogens (tertiary/aromatic N) is 4. The molecule has 0 saturated carbocycles. The lowest BCUT2D eigenvalue weighted by Gasteiger charge is -2.30. The van der Waals surface area contributed by atoms with Gasteiger partial charge in [0, 0.05) is 19.8 Å². The van der Waals surface area contributed by atoms with Crippen LogP contribution in [0.3, 0.4) is 0 Å². The Balaban J connectivity index is 2.35. The molecule has 7 nitrogen and oxygen atoms in total. The van der Waals surface area contributed by atoms with Gasteiger partial charge in [0.25, 0.3) is 17.8 Å². The SMILES string of the molecule is CC[N+]1=C(SCC(C)O)N=C2C1C(=O)N(C)C(=O)N2C. The quantitative estimate of drug-likeness (QED) is 0.732. The Bertz CT molecular complexity index is 515. The van der Waals surface area contributed by atoms with E-state index in [1.54, 1.807) is 14.0 Å². The molecule has 20 heavy (non-hydrogen) atoms. The highest BCUT2D eigenvalue weighted by atomic mass is 32.2. The fraction of sp³-hybridized carbons (Fsp3) is 0.667. The second-order valence-corrected chi connectivity index (χ2v) is 5.83. The molecule has 0 radical (unpaired) electrons. The average Bonchev–Trinajstić information content (AvgIpc) is 2.79. The van der Waals surface area contributed by atoms with Gasteiger partial charge in [-0.2, -0.15) is 0 Å². The zero-order chi connectivity index (χ0) is 15.0. The molecule has 2 atom stereocenters. The summed E-state index contributed by atoms with van der Waals surface area (Å²) in [4.78, 5) is 31.2. The second kappa shape index (κ2) is 5.53. The Morgan fingerprint density at radius 2 is 2.05 bits per heavy atom. The summed E-state index contributed by atoms with van der Waals surface area (Å²) < 4.78 is 1.87. The number of imide groups is 1. The predicted octanol–water partition coefficient (Wildman–Crippen LogP) is -0.207. The molecule has 1 N–H and O–H groups in total. The summed E-state index contributed by atoms with van der Waals surface area (Å²) >= 11 is 1.39. The third-order valence-electron chi connectivity index (χ3n) is 3.29. The topological polar surface area (TPSA) is 76.2 Å². The minimum atomic E-state index is -0.538. The molecular weight excluding hydrogens is 280 g/mol. The van der Waals surface area contributed by atoms with E-state index >= 15 is 0 Å². The molecule has 0 aromatic carbocycles. The molecule has 2 rings (SSSR count). The van der Waals surface area contributed by atoms with Crippen molar-refractivity contribution in [1.29, 1.82) is 0 Å². The highest BCUT2D eigenvalue weighted by Crippen LogP contribution is 2.22. The monoisotopic (exact) mass is 299 g/mol. The van der Waals surface area contributed by atoms with E-state index in [9.17, 15) is 14.7 Å². The molecule has 2 aliphatic heterocycles. The van der Waals surface area contributed by atoms with E-state index in [-0.39, 0.29) is 11.9 Å². The highest BCUT2D eigenvalue weighted by Gasteiger charge is 2.52. The third-order valence-corrected chi connectivity index (χ3v) is 4.52. The Morgan fingerprint density at radius 1 is 1.40 bits per heavy atom. The van der Waals surface area contributed by atoms with Crippen molar-refractivity contribution in [1.82, 2.24) is 9.80 Å². The number of amidine groups is 2. The smallest absolute Gasteiger partial charge is 0.357 e. The Kier molecular flexibility index (Phi) is 4.14. The van der Waals surface area contributed by atoms with Crippen molar-refractivity contribution in [3.63, 3.8) is 0 Å². The molecule has 1 fully saturated rings. The molecule has 2 unspecified atom stereocenters. The number of thioether (sulfide) groups is 1. The molecule has 0 aromatic rings. The predicted molar refractivity (Wildman–Crippen MR) is 77.1 cm³/mol. The number of amides is 3. The minimum Gasteiger partial charge on any atom is -0.393 e. The van der Waals surface area contributed by atoms with Gasteiger partial charge in [0.05, 0.1) is 12.6 Å². The number of aliphatic hydroxyl groups excluding tert-OH is 1. The van der Waals surface area contributed by atoms with E-state index < -0.39 is 12.1 Å². The van der Waals surface area contributed by atoms with Crippen LogP contribution in [-0.4, -0.2) is 81.0 Å². The van der Waals surface area contributed by atoms with Crippen LogP contribution in [0, 0.1) is 0 Å². The summed E-state index contributed by atoms with van der Waals surface area (Å²) in [5.41, 5.74) is 0. The van der Waals surface area contributed by atoms with Crippen molar-refractivity contribution in [2.75, 3.05) is 26.4 Å². The lowest BCUT2D eigenvalue weighted by Crippen LogP contribution is -2.61. The van der Waals surface area contributed by atoms with Crippen LogP contribution in [0.15, 0.2) is 4.99 Å². The van der Waals surface area contributed by atoms with Crippen LogP contribution in [0.25, 0.3) is 0 Å². The van der Waals surface area contributed by atoms with Crippen molar-refractivity contribution in [2.45, 2.75) is 26.0 Å². The van der Waals surface area contributed by atoms with Gasteiger partial charge in [-0.15, -0.1) is 0 Å². The van der Waals surface area contributed by atoms with Crippen LogP contribution in [0.5, 0.6) is 0 Å². The van der Waals surface area contributed by atoms with E-state index in [0.717, 1.165) is 4.90 Å². The van der Waals surface area contributed by atoms with Crippen LogP contribution in [0.1, 0.15) is 13.8 Å². The van der Waals surface area contributed by atoms with E-state index in [1.165, 1.54) is 23.7 Å². The van der Waals surface area contributed by atoms with Gasteiger partial charge in [-0.3, -0.25) is 14.6 Å². The maximum absolute atomic E-state index is 12.3. The van der Waals surface area contributed by atoms with E-state index in [2.05, 4.69) is 4.99 Å². The normalized spacial score (nSPS) is 24.2. The highest BCUT2D eigenvalue weighted by molar-refractivity contribution is 8.13. The number of fused-ring (bicyclic) bond motifs is 1. The minimum absolute atomic E-state index is 0.263. The number of hydrogen-bond acceptors (Lipinski definition) is 5. The van der Waals surface area contributed by atoms with Gasteiger partial charge < -0.3 is 5.11 Å². The third kappa shape index (κ3) is 2.33. The Hall–Kier alpha value is -1.41.